The van der Waals surface area contributed by atoms with Crippen molar-refractivity contribution in [1.29, 1.82) is 0 Å². The third-order valence-corrected chi connectivity index (χ3v) is 2.67. The van der Waals surface area contributed by atoms with Gasteiger partial charge in [0.1, 0.15) is 0 Å². The second kappa shape index (κ2) is 3.46. The quantitative estimate of drug-likeness (QED) is 0.658. The Morgan fingerprint density at radius 2 is 2.00 bits per heavy atom. The van der Waals surface area contributed by atoms with Crippen LogP contribution in [0.15, 0.2) is 0 Å². The molecule has 0 aliphatic heterocycles. The molecule has 0 aromatic heterocycles. The average molecular weight is 181 g/mol. The minimum absolute atomic E-state index is 0.259. The predicted octanol–water partition coefficient (Wildman–Crippen LogP) is 1.79. The zero-order chi connectivity index (χ0) is 6.62. The van der Waals surface area contributed by atoms with Crippen molar-refractivity contribution >= 4 is 15.9 Å². The molecule has 0 amide bonds. The standard InChI is InChI=1S/C6H13BrO/c1-6(2,5-7)3-4-8/h8H,3-5H2,1-2H3. The van der Waals surface area contributed by atoms with Gasteiger partial charge < -0.3 is 5.11 Å². The molecule has 0 unspecified atom stereocenters. The number of aliphatic hydroxyl groups is 1. The monoisotopic (exact) mass is 180 g/mol. The maximum atomic E-state index is 8.51. The molecule has 0 atom stereocenters. The molecule has 0 aliphatic rings. The van der Waals surface area contributed by atoms with E-state index < -0.39 is 0 Å². The smallest absolute Gasteiger partial charge is 0.0436 e. The molecule has 8 heavy (non-hydrogen) atoms. The summed E-state index contributed by atoms with van der Waals surface area (Å²) < 4.78 is 0. The third-order valence-electron chi connectivity index (χ3n) is 1.15. The topological polar surface area (TPSA) is 20.2 Å². The highest BCUT2D eigenvalue weighted by molar-refractivity contribution is 9.09. The third kappa shape index (κ3) is 3.44. The highest BCUT2D eigenvalue weighted by Gasteiger charge is 2.13. The predicted molar refractivity (Wildman–Crippen MR) is 39.3 cm³/mol. The van der Waals surface area contributed by atoms with E-state index >= 15 is 0 Å². The van der Waals surface area contributed by atoms with Gasteiger partial charge in [-0.1, -0.05) is 29.8 Å². The molecule has 0 saturated heterocycles. The number of aliphatic hydroxyl groups excluding tert-OH is 1. The Balaban J connectivity index is 3.37. The normalized spacial score (nSPS) is 12.0. The first kappa shape index (κ1) is 8.44. The molecule has 0 saturated carbocycles. The fraction of sp³-hybridized carbons (Fsp3) is 1.00. The lowest BCUT2D eigenvalue weighted by Crippen LogP contribution is -2.14. The summed E-state index contributed by atoms with van der Waals surface area (Å²) in [7, 11) is 0. The molecule has 0 aliphatic carbocycles. The summed E-state index contributed by atoms with van der Waals surface area (Å²) in [6.07, 6.45) is 0.873. The molecule has 50 valence electrons. The lowest BCUT2D eigenvalue weighted by Gasteiger charge is -2.18. The summed E-state index contributed by atoms with van der Waals surface area (Å²) in [6.45, 7) is 4.54. The van der Waals surface area contributed by atoms with Crippen molar-refractivity contribution in [1.82, 2.24) is 0 Å². The number of rotatable bonds is 3. The second-order valence-corrected chi connectivity index (χ2v) is 3.33. The SMILES string of the molecule is CC(C)(CBr)CCO. The van der Waals surface area contributed by atoms with Crippen molar-refractivity contribution < 1.29 is 5.11 Å². The van der Waals surface area contributed by atoms with Crippen LogP contribution in [-0.2, 0) is 0 Å². The van der Waals surface area contributed by atoms with E-state index in [1.807, 2.05) is 0 Å². The lowest BCUT2D eigenvalue weighted by atomic mass is 9.93. The molecular formula is C6H13BrO. The Hall–Kier alpha value is 0.440. The summed E-state index contributed by atoms with van der Waals surface area (Å²) in [5, 5.41) is 9.47. The van der Waals surface area contributed by atoms with E-state index in [-0.39, 0.29) is 5.41 Å². The Bertz CT molecular complexity index is 61.5. The molecule has 0 aromatic carbocycles. The van der Waals surface area contributed by atoms with Crippen LogP contribution in [0.5, 0.6) is 0 Å². The van der Waals surface area contributed by atoms with Crippen molar-refractivity contribution in [3.8, 4) is 0 Å². The molecular weight excluding hydrogens is 168 g/mol. The number of hydrogen-bond acceptors (Lipinski definition) is 1. The van der Waals surface area contributed by atoms with Crippen molar-refractivity contribution in [3.63, 3.8) is 0 Å². The Labute approximate surface area is 59.2 Å². The van der Waals surface area contributed by atoms with E-state index in [2.05, 4.69) is 29.8 Å². The van der Waals surface area contributed by atoms with Crippen LogP contribution in [0.4, 0.5) is 0 Å². The molecule has 0 aromatic rings. The van der Waals surface area contributed by atoms with Gasteiger partial charge in [-0.05, 0) is 11.8 Å². The first-order valence-electron chi connectivity index (χ1n) is 2.79. The molecule has 2 heteroatoms. The van der Waals surface area contributed by atoms with E-state index in [1.54, 1.807) is 0 Å². The number of alkyl halides is 1. The first-order chi connectivity index (χ1) is 3.62. The molecule has 0 rings (SSSR count). The van der Waals surface area contributed by atoms with Crippen molar-refractivity contribution in [2.45, 2.75) is 20.3 Å². The zero-order valence-electron chi connectivity index (χ0n) is 5.45. The van der Waals surface area contributed by atoms with E-state index in [0.29, 0.717) is 6.61 Å². The minimum atomic E-state index is 0.259. The highest BCUT2D eigenvalue weighted by atomic mass is 79.9. The largest absolute Gasteiger partial charge is 0.396 e. The Kier molecular flexibility index (Phi) is 3.65. The summed E-state index contributed by atoms with van der Waals surface area (Å²) in [6, 6.07) is 0. The molecule has 0 fully saturated rings. The van der Waals surface area contributed by atoms with Gasteiger partial charge in [0.05, 0.1) is 0 Å². The van der Waals surface area contributed by atoms with Crippen LogP contribution < -0.4 is 0 Å². The van der Waals surface area contributed by atoms with Crippen molar-refractivity contribution in [2.24, 2.45) is 5.41 Å². The van der Waals surface area contributed by atoms with Crippen LogP contribution in [0, 0.1) is 5.41 Å². The lowest BCUT2D eigenvalue weighted by molar-refractivity contribution is 0.229. The molecule has 1 nitrogen and oxygen atoms in total. The fourth-order valence-corrected chi connectivity index (χ4v) is 0.650. The second-order valence-electron chi connectivity index (χ2n) is 2.77. The van der Waals surface area contributed by atoms with Crippen molar-refractivity contribution in [2.75, 3.05) is 11.9 Å². The summed E-state index contributed by atoms with van der Waals surface area (Å²) in [4.78, 5) is 0. The molecule has 0 radical (unpaired) electrons. The molecule has 0 heterocycles. The summed E-state index contributed by atoms with van der Waals surface area (Å²) >= 11 is 3.36. The van der Waals surface area contributed by atoms with Gasteiger partial charge in [-0.3, -0.25) is 0 Å². The number of halogens is 1. The molecule has 0 bridgehead atoms. The summed E-state index contributed by atoms with van der Waals surface area (Å²) in [5.41, 5.74) is 0.259. The van der Waals surface area contributed by atoms with Crippen LogP contribution in [-0.4, -0.2) is 17.0 Å². The van der Waals surface area contributed by atoms with E-state index in [4.69, 9.17) is 5.11 Å². The van der Waals surface area contributed by atoms with Crippen LogP contribution in [0.2, 0.25) is 0 Å². The molecule has 0 spiro atoms. The van der Waals surface area contributed by atoms with Gasteiger partial charge in [-0.15, -0.1) is 0 Å². The van der Waals surface area contributed by atoms with Crippen LogP contribution in [0.25, 0.3) is 0 Å². The van der Waals surface area contributed by atoms with E-state index in [0.717, 1.165) is 11.8 Å². The summed E-state index contributed by atoms with van der Waals surface area (Å²) in [5.74, 6) is 0. The van der Waals surface area contributed by atoms with Gasteiger partial charge in [-0.25, -0.2) is 0 Å². The van der Waals surface area contributed by atoms with Gasteiger partial charge >= 0.3 is 0 Å². The maximum absolute atomic E-state index is 8.51. The highest BCUT2D eigenvalue weighted by Crippen LogP contribution is 2.21. The average Bonchev–Trinajstić information content (AvgIpc) is 1.67. The van der Waals surface area contributed by atoms with E-state index in [9.17, 15) is 0 Å². The van der Waals surface area contributed by atoms with Gasteiger partial charge in [0.25, 0.3) is 0 Å². The number of hydrogen-bond donors (Lipinski definition) is 1. The minimum Gasteiger partial charge on any atom is -0.396 e. The van der Waals surface area contributed by atoms with Gasteiger partial charge in [0.15, 0.2) is 0 Å². The van der Waals surface area contributed by atoms with Gasteiger partial charge in [-0.2, -0.15) is 0 Å². The molecule has 1 N–H and O–H groups in total. The first-order valence-corrected chi connectivity index (χ1v) is 3.91. The Morgan fingerprint density at radius 3 is 2.12 bits per heavy atom. The Morgan fingerprint density at radius 1 is 1.50 bits per heavy atom. The zero-order valence-corrected chi connectivity index (χ0v) is 7.03. The van der Waals surface area contributed by atoms with Crippen LogP contribution in [0.3, 0.4) is 0 Å². The van der Waals surface area contributed by atoms with Crippen molar-refractivity contribution in [3.05, 3.63) is 0 Å². The van der Waals surface area contributed by atoms with Crippen LogP contribution in [0.1, 0.15) is 20.3 Å². The fourth-order valence-electron chi connectivity index (χ4n) is 0.369. The maximum Gasteiger partial charge on any atom is 0.0436 e. The van der Waals surface area contributed by atoms with Crippen LogP contribution >= 0.6 is 15.9 Å². The van der Waals surface area contributed by atoms with Gasteiger partial charge in [0, 0.05) is 11.9 Å². The van der Waals surface area contributed by atoms with Gasteiger partial charge in [0.2, 0.25) is 0 Å². The van der Waals surface area contributed by atoms with E-state index in [1.165, 1.54) is 0 Å².